The van der Waals surface area contributed by atoms with Gasteiger partial charge in [-0.1, -0.05) is 92.1 Å². The summed E-state index contributed by atoms with van der Waals surface area (Å²) in [5.74, 6) is 0.424. The lowest BCUT2D eigenvalue weighted by molar-refractivity contribution is -0.140. The first-order chi connectivity index (χ1) is 23.7. The number of carbonyl (C=O) groups excluding carboxylic acids is 2. The van der Waals surface area contributed by atoms with Gasteiger partial charge >= 0.3 is 0 Å². The summed E-state index contributed by atoms with van der Waals surface area (Å²) in [7, 11) is -2.33. The van der Waals surface area contributed by atoms with Crippen molar-refractivity contribution in [2.24, 2.45) is 0 Å². The van der Waals surface area contributed by atoms with Gasteiger partial charge in [0.1, 0.15) is 30.7 Å². The number of nitrogens with one attached hydrogen (secondary N) is 1. The number of benzene rings is 4. The van der Waals surface area contributed by atoms with E-state index < -0.39 is 28.5 Å². The molecule has 0 saturated heterocycles. The zero-order valence-corrected chi connectivity index (χ0v) is 29.0. The molecule has 10 heteroatoms. The Labute approximate surface area is 289 Å². The normalized spacial score (nSPS) is 14.0. The maximum absolute atomic E-state index is 14.5. The first kappa shape index (κ1) is 35.5. The van der Waals surface area contributed by atoms with Crippen LogP contribution in [0.3, 0.4) is 0 Å². The molecule has 0 spiro atoms. The molecular weight excluding hydrogens is 639 g/mol. The summed E-state index contributed by atoms with van der Waals surface area (Å²) in [6.45, 7) is -0.0517. The average Bonchev–Trinajstić information content (AvgIpc) is 3.12. The molecule has 0 bridgehead atoms. The van der Waals surface area contributed by atoms with Crippen molar-refractivity contribution < 1.29 is 27.5 Å². The van der Waals surface area contributed by atoms with E-state index >= 15 is 0 Å². The van der Waals surface area contributed by atoms with Gasteiger partial charge in [0.15, 0.2) is 0 Å². The van der Waals surface area contributed by atoms with Gasteiger partial charge in [-0.2, -0.15) is 0 Å². The molecule has 2 amide bonds. The minimum Gasteiger partial charge on any atom is -0.497 e. The predicted octanol–water partition coefficient (Wildman–Crippen LogP) is 6.13. The van der Waals surface area contributed by atoms with Crippen LogP contribution < -0.4 is 19.1 Å². The van der Waals surface area contributed by atoms with Crippen LogP contribution in [0, 0.1) is 0 Å². The zero-order chi connectivity index (χ0) is 34.6. The van der Waals surface area contributed by atoms with E-state index in [1.807, 2.05) is 84.9 Å². The third-order valence-electron chi connectivity index (χ3n) is 8.76. The van der Waals surface area contributed by atoms with Gasteiger partial charge in [0.2, 0.25) is 21.8 Å². The maximum atomic E-state index is 14.5. The van der Waals surface area contributed by atoms with Crippen molar-refractivity contribution in [1.82, 2.24) is 10.2 Å². The number of ether oxygens (including phenoxy) is 2. The Morgan fingerprint density at radius 2 is 1.43 bits per heavy atom. The van der Waals surface area contributed by atoms with Gasteiger partial charge in [0.25, 0.3) is 0 Å². The minimum absolute atomic E-state index is 0.0310. The predicted molar refractivity (Wildman–Crippen MR) is 192 cm³/mol. The molecule has 0 aromatic heterocycles. The number of hydrogen-bond donors (Lipinski definition) is 1. The molecule has 1 aliphatic carbocycles. The molecule has 1 aliphatic rings. The van der Waals surface area contributed by atoms with E-state index in [4.69, 9.17) is 9.47 Å². The van der Waals surface area contributed by atoms with Gasteiger partial charge < -0.3 is 19.7 Å². The van der Waals surface area contributed by atoms with Crippen molar-refractivity contribution in [3.63, 3.8) is 0 Å². The van der Waals surface area contributed by atoms with E-state index in [9.17, 15) is 18.0 Å². The molecule has 1 saturated carbocycles. The molecule has 1 atom stereocenters. The Morgan fingerprint density at radius 3 is 2.06 bits per heavy atom. The number of methoxy groups -OCH3 is 1. The number of amides is 2. The highest BCUT2D eigenvalue weighted by molar-refractivity contribution is 7.92. The van der Waals surface area contributed by atoms with Crippen molar-refractivity contribution in [3.8, 4) is 11.5 Å². The van der Waals surface area contributed by atoms with Crippen LogP contribution in [0.15, 0.2) is 109 Å². The number of carbonyl (C=O) groups is 2. The van der Waals surface area contributed by atoms with Crippen LogP contribution in [-0.2, 0) is 39.2 Å². The number of nitrogens with zero attached hydrogens (tertiary/aromatic N) is 2. The van der Waals surface area contributed by atoms with Crippen LogP contribution in [-0.4, -0.2) is 57.1 Å². The Balaban J connectivity index is 1.44. The van der Waals surface area contributed by atoms with Crippen LogP contribution in [0.5, 0.6) is 11.5 Å². The third kappa shape index (κ3) is 10.3. The van der Waals surface area contributed by atoms with Gasteiger partial charge in [-0.3, -0.25) is 13.9 Å². The molecule has 4 aromatic rings. The first-order valence-corrected chi connectivity index (χ1v) is 18.6. The molecule has 0 heterocycles. The zero-order valence-electron chi connectivity index (χ0n) is 28.2. The quantitative estimate of drug-likeness (QED) is 0.162. The fourth-order valence-electron chi connectivity index (χ4n) is 6.13. The standard InChI is InChI=1S/C39H45N3O6S/c1-47-36-20-12-17-32(25-36)27-41(37(26-30-13-6-3-7-14-30)39(44)40-33-18-10-5-11-19-33)38(43)28-42(49(2,45)46)34-21-23-35(24-22-34)48-29-31-15-8-4-9-16-31/h3-4,6-9,12-17,20-25,33,37H,5,10-11,18-19,26-29H2,1-2H3,(H,40,44). The second-order valence-electron chi connectivity index (χ2n) is 12.5. The first-order valence-electron chi connectivity index (χ1n) is 16.7. The molecule has 5 rings (SSSR count). The van der Waals surface area contributed by atoms with Crippen molar-refractivity contribution in [2.75, 3.05) is 24.2 Å². The lowest BCUT2D eigenvalue weighted by atomic mass is 9.94. The van der Waals surface area contributed by atoms with E-state index in [1.165, 1.54) is 4.90 Å². The summed E-state index contributed by atoms with van der Waals surface area (Å²) >= 11 is 0. The lowest BCUT2D eigenvalue weighted by Gasteiger charge is -2.35. The smallest absolute Gasteiger partial charge is 0.244 e. The molecule has 49 heavy (non-hydrogen) atoms. The molecule has 258 valence electrons. The summed E-state index contributed by atoms with van der Waals surface area (Å²) in [4.78, 5) is 30.1. The van der Waals surface area contributed by atoms with E-state index in [0.717, 1.165) is 59.4 Å². The summed E-state index contributed by atoms with van der Waals surface area (Å²) in [5, 5.41) is 3.22. The van der Waals surface area contributed by atoms with Crippen LogP contribution in [0.1, 0.15) is 48.8 Å². The largest absolute Gasteiger partial charge is 0.497 e. The van der Waals surface area contributed by atoms with Crippen molar-refractivity contribution in [2.45, 2.75) is 63.8 Å². The fourth-order valence-corrected chi connectivity index (χ4v) is 6.98. The summed E-state index contributed by atoms with van der Waals surface area (Å²) < 4.78 is 38.8. The van der Waals surface area contributed by atoms with E-state index in [1.54, 1.807) is 31.4 Å². The second kappa shape index (κ2) is 17.0. The highest BCUT2D eigenvalue weighted by Gasteiger charge is 2.34. The number of rotatable bonds is 15. The Bertz CT molecular complexity index is 1760. The van der Waals surface area contributed by atoms with E-state index in [0.29, 0.717) is 23.8 Å². The maximum Gasteiger partial charge on any atom is 0.244 e. The number of sulfonamides is 1. The van der Waals surface area contributed by atoms with Gasteiger partial charge in [-0.05, 0) is 65.9 Å². The number of anilines is 1. The fraction of sp³-hybridized carbons (Fsp3) is 0.333. The molecule has 9 nitrogen and oxygen atoms in total. The minimum atomic E-state index is -3.90. The molecule has 1 fully saturated rings. The molecular formula is C39H45N3O6S. The Kier molecular flexibility index (Phi) is 12.3. The summed E-state index contributed by atoms with van der Waals surface area (Å²) in [6, 6.07) is 32.4. The molecule has 0 aliphatic heterocycles. The van der Waals surface area contributed by atoms with Gasteiger partial charge in [0, 0.05) is 19.0 Å². The molecule has 4 aromatic carbocycles. The lowest BCUT2D eigenvalue weighted by Crippen LogP contribution is -2.55. The van der Waals surface area contributed by atoms with Crippen molar-refractivity contribution in [3.05, 3.63) is 126 Å². The SMILES string of the molecule is COc1cccc(CN(C(=O)CN(c2ccc(OCc3ccccc3)cc2)S(C)(=O)=O)C(Cc2ccccc2)C(=O)NC2CCCCC2)c1. The molecule has 1 unspecified atom stereocenters. The van der Waals surface area contributed by atoms with Gasteiger partial charge in [-0.15, -0.1) is 0 Å². The highest BCUT2D eigenvalue weighted by Crippen LogP contribution is 2.25. The molecule has 0 radical (unpaired) electrons. The second-order valence-corrected chi connectivity index (χ2v) is 14.4. The van der Waals surface area contributed by atoms with Gasteiger partial charge in [-0.25, -0.2) is 8.42 Å². The van der Waals surface area contributed by atoms with Crippen LogP contribution in [0.25, 0.3) is 0 Å². The molecule has 1 N–H and O–H groups in total. The highest BCUT2D eigenvalue weighted by atomic mass is 32.2. The van der Waals surface area contributed by atoms with Crippen LogP contribution in [0.2, 0.25) is 0 Å². The Hall–Kier alpha value is -4.83. The van der Waals surface area contributed by atoms with Crippen LogP contribution >= 0.6 is 0 Å². The monoisotopic (exact) mass is 683 g/mol. The van der Waals surface area contributed by atoms with E-state index in [2.05, 4.69) is 5.32 Å². The van der Waals surface area contributed by atoms with Gasteiger partial charge in [0.05, 0.1) is 19.1 Å². The Morgan fingerprint density at radius 1 is 0.796 bits per heavy atom. The van der Waals surface area contributed by atoms with E-state index in [-0.39, 0.29) is 24.9 Å². The average molecular weight is 684 g/mol. The summed E-state index contributed by atoms with van der Waals surface area (Å²) in [5.41, 5.74) is 2.96. The van der Waals surface area contributed by atoms with Crippen molar-refractivity contribution in [1.29, 1.82) is 0 Å². The summed E-state index contributed by atoms with van der Waals surface area (Å²) in [6.07, 6.45) is 6.34. The topological polar surface area (TPSA) is 105 Å². The third-order valence-corrected chi connectivity index (χ3v) is 9.90. The van der Waals surface area contributed by atoms with Crippen molar-refractivity contribution >= 4 is 27.5 Å². The number of hydrogen-bond acceptors (Lipinski definition) is 6. The van der Waals surface area contributed by atoms with Crippen LogP contribution in [0.4, 0.5) is 5.69 Å².